The van der Waals surface area contributed by atoms with Gasteiger partial charge in [0.15, 0.2) is 0 Å². The number of carbonyl (C=O) groups is 1. The van der Waals surface area contributed by atoms with E-state index < -0.39 is 24.2 Å². The van der Waals surface area contributed by atoms with Gasteiger partial charge in [0.05, 0.1) is 0 Å². The Morgan fingerprint density at radius 1 is 1.60 bits per heavy atom. The molecule has 0 saturated carbocycles. The van der Waals surface area contributed by atoms with E-state index >= 15 is 0 Å². The minimum atomic E-state index is -3.08. The number of carboxylic acids is 1. The second-order valence-corrected chi connectivity index (χ2v) is 2.49. The summed E-state index contributed by atoms with van der Waals surface area (Å²) in [7, 11) is 0. The largest absolute Gasteiger partial charge is 0.481 e. The van der Waals surface area contributed by atoms with Crippen molar-refractivity contribution in [3.63, 3.8) is 0 Å². The molecule has 2 nitrogen and oxygen atoms in total. The van der Waals surface area contributed by atoms with Gasteiger partial charge in [0.2, 0.25) is 0 Å². The highest BCUT2D eigenvalue weighted by Gasteiger charge is 2.35. The number of aliphatic carboxylic acids is 1. The van der Waals surface area contributed by atoms with Crippen LogP contribution in [0.1, 0.15) is 20.3 Å². The van der Waals surface area contributed by atoms with E-state index in [1.54, 1.807) is 0 Å². The zero-order valence-electron chi connectivity index (χ0n) is 5.90. The molecule has 0 spiro atoms. The van der Waals surface area contributed by atoms with E-state index in [4.69, 9.17) is 5.11 Å². The molecule has 0 radical (unpaired) electrons. The Labute approximate surface area is 57.9 Å². The van der Waals surface area contributed by atoms with Crippen molar-refractivity contribution in [1.29, 1.82) is 0 Å². The topological polar surface area (TPSA) is 37.3 Å². The minimum absolute atomic E-state index is 0.913. The van der Waals surface area contributed by atoms with Crippen LogP contribution in [-0.4, -0.2) is 17.0 Å². The first kappa shape index (κ1) is 9.33. The molecule has 0 rings (SSSR count). The molecule has 0 aromatic carbocycles. The molecule has 0 aromatic heterocycles. The third-order valence-electron chi connectivity index (χ3n) is 1.23. The van der Waals surface area contributed by atoms with Crippen LogP contribution in [0.5, 0.6) is 0 Å². The van der Waals surface area contributed by atoms with Gasteiger partial charge in [0.1, 0.15) is 6.42 Å². The first-order chi connectivity index (χ1) is 4.36. The van der Waals surface area contributed by atoms with Crippen molar-refractivity contribution >= 4 is 5.97 Å². The van der Waals surface area contributed by atoms with Crippen LogP contribution in [0.15, 0.2) is 0 Å². The van der Waals surface area contributed by atoms with Crippen molar-refractivity contribution in [3.05, 3.63) is 0 Å². The number of rotatable bonds is 3. The number of carboxylic acid groups (broad SMARTS) is 1. The summed E-state index contributed by atoms with van der Waals surface area (Å²) in [6, 6.07) is 0. The summed E-state index contributed by atoms with van der Waals surface area (Å²) in [5.41, 5.74) is 0. The molecule has 1 N–H and O–H groups in total. The van der Waals surface area contributed by atoms with Gasteiger partial charge in [-0.2, -0.15) is 0 Å². The smallest absolute Gasteiger partial charge is 0.309 e. The lowest BCUT2D eigenvalue weighted by atomic mass is 10.0. The molecule has 0 saturated heterocycles. The van der Waals surface area contributed by atoms with Crippen LogP contribution < -0.4 is 0 Å². The Kier molecular flexibility index (Phi) is 2.75. The Morgan fingerprint density at radius 2 is 2.00 bits per heavy atom. The zero-order valence-corrected chi connectivity index (χ0v) is 5.90. The van der Waals surface area contributed by atoms with Gasteiger partial charge >= 0.3 is 5.97 Å². The highest BCUT2D eigenvalue weighted by Crippen LogP contribution is 2.27. The maximum absolute atomic E-state index is 12.4. The van der Waals surface area contributed by atoms with Gasteiger partial charge in [-0.05, 0) is 0 Å². The molecule has 10 heavy (non-hydrogen) atoms. The summed E-state index contributed by atoms with van der Waals surface area (Å²) in [6.45, 7) is 2.59. The van der Waals surface area contributed by atoms with Crippen molar-refractivity contribution in [2.45, 2.75) is 26.2 Å². The van der Waals surface area contributed by atoms with Crippen molar-refractivity contribution in [3.8, 4) is 0 Å². The first-order valence-corrected chi connectivity index (χ1v) is 2.96. The van der Waals surface area contributed by atoms with Gasteiger partial charge in [-0.25, -0.2) is 8.78 Å². The molecular weight excluding hydrogens is 142 g/mol. The Morgan fingerprint density at radius 3 is 2.10 bits per heavy atom. The lowest BCUT2D eigenvalue weighted by Gasteiger charge is -2.17. The molecule has 0 amide bonds. The van der Waals surface area contributed by atoms with Gasteiger partial charge in [-0.1, -0.05) is 13.8 Å². The van der Waals surface area contributed by atoms with Gasteiger partial charge in [-0.3, -0.25) is 4.79 Å². The molecule has 0 aliphatic rings. The van der Waals surface area contributed by atoms with E-state index in [-0.39, 0.29) is 0 Å². The fraction of sp³-hybridized carbons (Fsp3) is 0.833. The number of hydrogen-bond acceptors (Lipinski definition) is 1. The molecule has 60 valence electrons. The quantitative estimate of drug-likeness (QED) is 0.668. The Bertz CT molecular complexity index is 132. The van der Waals surface area contributed by atoms with Gasteiger partial charge in [-0.15, -0.1) is 0 Å². The maximum Gasteiger partial charge on any atom is 0.309 e. The summed E-state index contributed by atoms with van der Waals surface area (Å²) in [5.74, 6) is -5.45. The second-order valence-electron chi connectivity index (χ2n) is 2.49. The first-order valence-electron chi connectivity index (χ1n) is 2.96. The van der Waals surface area contributed by atoms with E-state index in [0.717, 1.165) is 0 Å². The second kappa shape index (κ2) is 2.94. The maximum atomic E-state index is 12.4. The van der Waals surface area contributed by atoms with Gasteiger partial charge < -0.3 is 5.11 Å². The zero-order chi connectivity index (χ0) is 8.36. The Balaban J connectivity index is 3.99. The molecule has 0 aliphatic heterocycles. The molecule has 0 heterocycles. The van der Waals surface area contributed by atoms with Gasteiger partial charge in [0, 0.05) is 5.92 Å². The van der Waals surface area contributed by atoms with Crippen LogP contribution >= 0.6 is 0 Å². The average Bonchev–Trinajstić information content (AvgIpc) is 1.60. The highest BCUT2D eigenvalue weighted by atomic mass is 19.3. The number of alkyl halides is 2. The van der Waals surface area contributed by atoms with Crippen LogP contribution in [0, 0.1) is 5.92 Å². The van der Waals surface area contributed by atoms with Crippen molar-refractivity contribution in [1.82, 2.24) is 0 Å². The molecule has 0 unspecified atom stereocenters. The van der Waals surface area contributed by atoms with Crippen LogP contribution in [-0.2, 0) is 4.79 Å². The van der Waals surface area contributed by atoms with Gasteiger partial charge in [0.25, 0.3) is 5.92 Å². The number of hydrogen-bond donors (Lipinski definition) is 1. The van der Waals surface area contributed by atoms with E-state index in [9.17, 15) is 13.6 Å². The van der Waals surface area contributed by atoms with Crippen molar-refractivity contribution < 1.29 is 18.7 Å². The normalized spacial score (nSPS) is 12.1. The van der Waals surface area contributed by atoms with Crippen LogP contribution in [0.2, 0.25) is 0 Å². The SMILES string of the molecule is CC(C)C(F)(F)CC(=O)O. The van der Waals surface area contributed by atoms with Crippen molar-refractivity contribution in [2.24, 2.45) is 5.92 Å². The molecule has 0 atom stereocenters. The average molecular weight is 152 g/mol. The molecule has 4 heteroatoms. The summed E-state index contributed by atoms with van der Waals surface area (Å²) in [5, 5.41) is 8.02. The third-order valence-corrected chi connectivity index (χ3v) is 1.23. The lowest BCUT2D eigenvalue weighted by molar-refractivity contribution is -0.148. The Hall–Kier alpha value is -0.670. The lowest BCUT2D eigenvalue weighted by Crippen LogP contribution is -2.27. The molecule has 0 fully saturated rings. The summed E-state index contributed by atoms with van der Waals surface area (Å²) < 4.78 is 24.8. The van der Waals surface area contributed by atoms with E-state index in [1.165, 1.54) is 13.8 Å². The van der Waals surface area contributed by atoms with E-state index in [2.05, 4.69) is 0 Å². The van der Waals surface area contributed by atoms with Crippen LogP contribution in [0.4, 0.5) is 8.78 Å². The molecule has 0 aliphatic carbocycles. The monoisotopic (exact) mass is 152 g/mol. The van der Waals surface area contributed by atoms with Crippen LogP contribution in [0.3, 0.4) is 0 Å². The molecule has 0 bridgehead atoms. The minimum Gasteiger partial charge on any atom is -0.481 e. The van der Waals surface area contributed by atoms with Crippen LogP contribution in [0.25, 0.3) is 0 Å². The summed E-state index contributed by atoms with van der Waals surface area (Å²) in [4.78, 5) is 9.84. The van der Waals surface area contributed by atoms with E-state index in [0.29, 0.717) is 0 Å². The molecule has 0 aromatic rings. The van der Waals surface area contributed by atoms with E-state index in [1.807, 2.05) is 0 Å². The third kappa shape index (κ3) is 2.75. The predicted octanol–water partition coefficient (Wildman–Crippen LogP) is 1.75. The van der Waals surface area contributed by atoms with Crippen molar-refractivity contribution in [2.75, 3.05) is 0 Å². The number of halogens is 2. The summed E-state index contributed by atoms with van der Waals surface area (Å²) in [6.07, 6.45) is -1.08. The highest BCUT2D eigenvalue weighted by molar-refractivity contribution is 5.67. The molecular formula is C6H10F2O2. The summed E-state index contributed by atoms with van der Waals surface area (Å²) >= 11 is 0. The standard InChI is InChI=1S/C6H10F2O2/c1-4(2)6(7,8)3-5(9)10/h4H,3H2,1-2H3,(H,9,10). The fourth-order valence-corrected chi connectivity index (χ4v) is 0.406. The fourth-order valence-electron chi connectivity index (χ4n) is 0.406. The predicted molar refractivity (Wildman–Crippen MR) is 32.0 cm³/mol.